The van der Waals surface area contributed by atoms with Gasteiger partial charge in [-0.3, -0.25) is 10.2 Å². The third-order valence-corrected chi connectivity index (χ3v) is 1.35. The molecule has 1 amide bonds. The highest BCUT2D eigenvalue weighted by Crippen LogP contribution is 1.97. The average Bonchev–Trinajstić information content (AvgIpc) is 2.01. The summed E-state index contributed by atoms with van der Waals surface area (Å²) >= 11 is 0. The van der Waals surface area contributed by atoms with Crippen molar-refractivity contribution in [3.8, 4) is 0 Å². The van der Waals surface area contributed by atoms with Crippen LogP contribution in [0.15, 0.2) is 25.3 Å². The number of hydrogen-bond donors (Lipinski definition) is 2. The van der Waals surface area contributed by atoms with Crippen molar-refractivity contribution in [3.63, 3.8) is 0 Å². The van der Waals surface area contributed by atoms with Crippen molar-refractivity contribution in [1.29, 1.82) is 0 Å². The Balaban J connectivity index is 0. The summed E-state index contributed by atoms with van der Waals surface area (Å²) in [5.74, 6) is -0.0897. The summed E-state index contributed by atoms with van der Waals surface area (Å²) in [7, 11) is 0. The second-order valence-corrected chi connectivity index (χ2v) is 2.57. The first kappa shape index (κ1) is 14.7. The maximum Gasteiger partial charge on any atom is 0.230 e. The Bertz CT molecular complexity index is 161. The number of carbonyl (C=O) groups excluding carboxylic acids is 1. The molecule has 0 aliphatic heterocycles. The average molecular weight is 205 g/mol. The Hall–Kier alpha value is -0.800. The van der Waals surface area contributed by atoms with E-state index in [1.165, 1.54) is 6.92 Å². The van der Waals surface area contributed by atoms with Gasteiger partial charge in [0.05, 0.1) is 0 Å². The summed E-state index contributed by atoms with van der Waals surface area (Å²) in [6.45, 7) is 8.71. The molecule has 0 aromatic heterocycles. The Kier molecular flexibility index (Phi) is 10.5. The number of halogens is 1. The summed E-state index contributed by atoms with van der Waals surface area (Å²) < 4.78 is 0. The van der Waals surface area contributed by atoms with Crippen molar-refractivity contribution in [2.24, 2.45) is 0 Å². The molecule has 4 heteroatoms. The Morgan fingerprint density at radius 2 is 1.85 bits per heavy atom. The number of hydrogen-bond acceptors (Lipinski definition) is 2. The van der Waals surface area contributed by atoms with Crippen LogP contribution in [0.1, 0.15) is 19.8 Å². The predicted molar refractivity (Wildman–Crippen MR) is 57.6 cm³/mol. The van der Waals surface area contributed by atoms with Gasteiger partial charge in [-0.15, -0.1) is 25.6 Å². The fraction of sp³-hybridized carbons (Fsp3) is 0.444. The fourth-order valence-electron chi connectivity index (χ4n) is 0.820. The molecular formula is C9H17ClN2O. The maximum absolute atomic E-state index is 10.5. The van der Waals surface area contributed by atoms with Crippen molar-refractivity contribution in [2.75, 3.05) is 0 Å². The fourth-order valence-corrected chi connectivity index (χ4v) is 0.820. The molecule has 0 bridgehead atoms. The first-order valence-electron chi connectivity index (χ1n) is 3.94. The van der Waals surface area contributed by atoms with E-state index >= 15 is 0 Å². The molecular weight excluding hydrogens is 188 g/mol. The van der Waals surface area contributed by atoms with Gasteiger partial charge >= 0.3 is 0 Å². The first-order valence-corrected chi connectivity index (χ1v) is 3.94. The van der Waals surface area contributed by atoms with Crippen LogP contribution in [0.25, 0.3) is 0 Å². The number of hydrazine groups is 1. The number of rotatable bonds is 6. The lowest BCUT2D eigenvalue weighted by atomic mass is 10.1. The lowest BCUT2D eigenvalue weighted by Gasteiger charge is -2.14. The molecule has 0 aliphatic carbocycles. The van der Waals surface area contributed by atoms with Crippen molar-refractivity contribution >= 4 is 18.3 Å². The van der Waals surface area contributed by atoms with Crippen molar-refractivity contribution in [1.82, 2.24) is 10.9 Å². The zero-order valence-corrected chi connectivity index (χ0v) is 8.69. The molecule has 0 saturated carbocycles. The van der Waals surface area contributed by atoms with Crippen molar-refractivity contribution in [2.45, 2.75) is 25.8 Å². The lowest BCUT2D eigenvalue weighted by molar-refractivity contribution is -0.120. The van der Waals surface area contributed by atoms with Crippen LogP contribution in [-0.2, 0) is 4.79 Å². The molecule has 0 spiro atoms. The molecule has 0 atom stereocenters. The van der Waals surface area contributed by atoms with E-state index in [1.807, 2.05) is 12.2 Å². The van der Waals surface area contributed by atoms with Crippen LogP contribution < -0.4 is 10.9 Å². The van der Waals surface area contributed by atoms with Gasteiger partial charge in [0.2, 0.25) is 5.91 Å². The van der Waals surface area contributed by atoms with Crippen molar-refractivity contribution in [3.05, 3.63) is 25.3 Å². The lowest BCUT2D eigenvalue weighted by Crippen LogP contribution is -2.42. The Morgan fingerprint density at radius 1 is 1.38 bits per heavy atom. The highest BCUT2D eigenvalue weighted by Gasteiger charge is 2.03. The summed E-state index contributed by atoms with van der Waals surface area (Å²) in [4.78, 5) is 10.5. The van der Waals surface area contributed by atoms with E-state index in [4.69, 9.17) is 0 Å². The zero-order valence-electron chi connectivity index (χ0n) is 7.88. The van der Waals surface area contributed by atoms with Gasteiger partial charge in [-0.25, -0.2) is 5.43 Å². The quantitative estimate of drug-likeness (QED) is 0.510. The molecule has 0 rings (SSSR count). The minimum atomic E-state index is -0.0897. The molecule has 2 N–H and O–H groups in total. The highest BCUT2D eigenvalue weighted by molar-refractivity contribution is 5.85. The van der Waals surface area contributed by atoms with Gasteiger partial charge in [0.25, 0.3) is 0 Å². The zero-order chi connectivity index (χ0) is 9.40. The van der Waals surface area contributed by atoms with Crippen LogP contribution >= 0.6 is 12.4 Å². The van der Waals surface area contributed by atoms with Crippen LogP contribution in [0.3, 0.4) is 0 Å². The second kappa shape index (κ2) is 9.29. The van der Waals surface area contributed by atoms with Crippen molar-refractivity contribution < 1.29 is 4.79 Å². The van der Waals surface area contributed by atoms with Gasteiger partial charge in [0.1, 0.15) is 0 Å². The molecule has 76 valence electrons. The molecule has 0 aromatic rings. The normalized spacial score (nSPS) is 8.77. The third kappa shape index (κ3) is 9.11. The number of amides is 1. The highest BCUT2D eigenvalue weighted by atomic mass is 35.5. The molecule has 13 heavy (non-hydrogen) atoms. The SMILES string of the molecule is C=CCC(CC=C)NNC(C)=O.Cl. The summed E-state index contributed by atoms with van der Waals surface area (Å²) in [6, 6.07) is 0.198. The molecule has 3 nitrogen and oxygen atoms in total. The monoisotopic (exact) mass is 204 g/mol. The van der Waals surface area contributed by atoms with Gasteiger partial charge in [-0.05, 0) is 12.8 Å². The van der Waals surface area contributed by atoms with Gasteiger partial charge < -0.3 is 0 Å². The Labute approximate surface area is 85.7 Å². The third-order valence-electron chi connectivity index (χ3n) is 1.35. The summed E-state index contributed by atoms with van der Waals surface area (Å²) in [5.41, 5.74) is 5.41. The Morgan fingerprint density at radius 3 is 2.15 bits per heavy atom. The predicted octanol–water partition coefficient (Wildman–Crippen LogP) is 1.57. The molecule has 0 fully saturated rings. The van der Waals surface area contributed by atoms with Crippen LogP contribution in [0.5, 0.6) is 0 Å². The summed E-state index contributed by atoms with van der Waals surface area (Å²) in [5, 5.41) is 0. The van der Waals surface area contributed by atoms with Crippen LogP contribution in [0, 0.1) is 0 Å². The van der Waals surface area contributed by atoms with E-state index in [-0.39, 0.29) is 24.4 Å². The largest absolute Gasteiger partial charge is 0.292 e. The number of carbonyl (C=O) groups is 1. The first-order chi connectivity index (χ1) is 5.70. The topological polar surface area (TPSA) is 41.1 Å². The van der Waals surface area contributed by atoms with Gasteiger partial charge in [-0.2, -0.15) is 0 Å². The van der Waals surface area contributed by atoms with Gasteiger partial charge in [0, 0.05) is 13.0 Å². The van der Waals surface area contributed by atoms with E-state index in [0.717, 1.165) is 12.8 Å². The smallest absolute Gasteiger partial charge is 0.230 e. The van der Waals surface area contributed by atoms with E-state index in [0.29, 0.717) is 0 Å². The van der Waals surface area contributed by atoms with Crippen LogP contribution in [0.2, 0.25) is 0 Å². The minimum Gasteiger partial charge on any atom is -0.292 e. The van der Waals surface area contributed by atoms with E-state index in [2.05, 4.69) is 24.0 Å². The molecule has 0 aliphatic rings. The standard InChI is InChI=1S/C9H16N2O.ClH/c1-4-6-9(7-5-2)11-10-8(3)12;/h4-5,9,11H,1-2,6-7H2,3H3,(H,10,12);1H. The summed E-state index contributed by atoms with van der Waals surface area (Å²) in [6.07, 6.45) is 5.24. The number of nitrogens with one attached hydrogen (secondary N) is 2. The van der Waals surface area contributed by atoms with Crippen LogP contribution in [-0.4, -0.2) is 11.9 Å². The molecule has 0 aromatic carbocycles. The van der Waals surface area contributed by atoms with E-state index in [9.17, 15) is 4.79 Å². The van der Waals surface area contributed by atoms with E-state index < -0.39 is 0 Å². The molecule has 0 heterocycles. The van der Waals surface area contributed by atoms with Crippen LogP contribution in [0.4, 0.5) is 0 Å². The second-order valence-electron chi connectivity index (χ2n) is 2.57. The molecule has 0 unspecified atom stereocenters. The van der Waals surface area contributed by atoms with Gasteiger partial charge in [-0.1, -0.05) is 12.2 Å². The van der Waals surface area contributed by atoms with Gasteiger partial charge in [0.15, 0.2) is 0 Å². The molecule has 0 saturated heterocycles. The minimum absolute atomic E-state index is 0. The molecule has 0 radical (unpaired) electrons. The maximum atomic E-state index is 10.5. The van der Waals surface area contributed by atoms with E-state index in [1.54, 1.807) is 0 Å².